The van der Waals surface area contributed by atoms with Gasteiger partial charge in [-0.3, -0.25) is 0 Å². The number of hydrogen-bond acceptors (Lipinski definition) is 0. The summed E-state index contributed by atoms with van der Waals surface area (Å²) in [6.07, 6.45) is 0. The first-order valence-corrected chi connectivity index (χ1v) is 22.2. The van der Waals surface area contributed by atoms with Crippen molar-refractivity contribution in [1.29, 1.82) is 0 Å². The highest BCUT2D eigenvalue weighted by Crippen LogP contribution is 2.48. The molecule has 0 saturated carbocycles. The van der Waals surface area contributed by atoms with Crippen LogP contribution in [0, 0.1) is 0 Å². The maximum absolute atomic E-state index is 2.48. The van der Waals surface area contributed by atoms with Gasteiger partial charge < -0.3 is 9.13 Å². The zero-order chi connectivity index (χ0) is 41.9. The minimum Gasteiger partial charge on any atom is -0.309 e. The van der Waals surface area contributed by atoms with Crippen LogP contribution in [0.25, 0.3) is 132 Å². The second-order valence-electron chi connectivity index (χ2n) is 17.3. The van der Waals surface area contributed by atoms with Crippen LogP contribution in [0.15, 0.2) is 231 Å². The minimum absolute atomic E-state index is 1.14. The van der Waals surface area contributed by atoms with E-state index >= 15 is 0 Å². The van der Waals surface area contributed by atoms with Gasteiger partial charge in [-0.05, 0) is 126 Å². The Morgan fingerprint density at radius 2 is 0.781 bits per heavy atom. The number of hydrogen-bond donors (Lipinski definition) is 0. The third kappa shape index (κ3) is 5.14. The van der Waals surface area contributed by atoms with Crippen LogP contribution in [0.3, 0.4) is 0 Å². The van der Waals surface area contributed by atoms with E-state index in [-0.39, 0.29) is 0 Å². The maximum Gasteiger partial charge on any atom is 0.0619 e. The van der Waals surface area contributed by atoms with Gasteiger partial charge in [-0.2, -0.15) is 0 Å². The lowest BCUT2D eigenvalue weighted by molar-refractivity contribution is 1.18. The highest BCUT2D eigenvalue weighted by Gasteiger charge is 2.22. The zero-order valence-electron chi connectivity index (χ0n) is 34.8. The molecule has 0 radical (unpaired) electrons. The molecule has 2 heteroatoms. The minimum atomic E-state index is 1.14. The number of benzene rings is 11. The predicted molar refractivity (Wildman–Crippen MR) is 271 cm³/mol. The first-order chi connectivity index (χ1) is 31.7. The molecule has 296 valence electrons. The molecular formula is C62H38N2. The molecule has 1 aliphatic rings. The van der Waals surface area contributed by atoms with Crippen molar-refractivity contribution in [2.75, 3.05) is 0 Å². The van der Waals surface area contributed by atoms with Crippen LogP contribution in [0.4, 0.5) is 0 Å². The molecule has 0 N–H and O–H groups in total. The summed E-state index contributed by atoms with van der Waals surface area (Å²) in [6, 6.07) is 85.2. The average molecular weight is 811 g/mol. The number of aromatic nitrogens is 2. The number of para-hydroxylation sites is 2. The van der Waals surface area contributed by atoms with E-state index in [1.54, 1.807) is 0 Å². The summed E-state index contributed by atoms with van der Waals surface area (Å²) >= 11 is 0. The summed E-state index contributed by atoms with van der Waals surface area (Å²) in [5.41, 5.74) is 19.7. The van der Waals surface area contributed by atoms with Crippen LogP contribution in [-0.4, -0.2) is 9.13 Å². The van der Waals surface area contributed by atoms with E-state index in [2.05, 4.69) is 240 Å². The Kier molecular flexibility index (Phi) is 7.43. The van der Waals surface area contributed by atoms with Gasteiger partial charge >= 0.3 is 0 Å². The van der Waals surface area contributed by atoms with E-state index in [1.165, 1.54) is 126 Å². The van der Waals surface area contributed by atoms with Crippen molar-refractivity contribution in [2.45, 2.75) is 0 Å². The van der Waals surface area contributed by atoms with Crippen LogP contribution in [0.2, 0.25) is 0 Å². The van der Waals surface area contributed by atoms with E-state index in [9.17, 15) is 0 Å². The lowest BCUT2D eigenvalue weighted by Crippen LogP contribution is -1.95. The van der Waals surface area contributed by atoms with Crippen LogP contribution in [-0.2, 0) is 0 Å². The molecule has 0 amide bonds. The van der Waals surface area contributed by atoms with Crippen LogP contribution < -0.4 is 0 Å². The van der Waals surface area contributed by atoms with Crippen molar-refractivity contribution in [3.8, 4) is 67.0 Å². The van der Waals surface area contributed by atoms with Gasteiger partial charge in [0.15, 0.2) is 0 Å². The van der Waals surface area contributed by atoms with Gasteiger partial charge in [0.2, 0.25) is 0 Å². The molecular weight excluding hydrogens is 773 g/mol. The Labute approximate surface area is 370 Å². The Bertz CT molecular complexity index is 4030. The van der Waals surface area contributed by atoms with E-state index in [0.29, 0.717) is 0 Å². The second-order valence-corrected chi connectivity index (χ2v) is 17.3. The van der Waals surface area contributed by atoms with E-state index in [1.807, 2.05) is 0 Å². The fraction of sp³-hybridized carbons (Fsp3) is 0. The molecule has 11 aromatic carbocycles. The Morgan fingerprint density at radius 1 is 0.234 bits per heavy atom. The van der Waals surface area contributed by atoms with E-state index in [0.717, 1.165) is 5.69 Å². The molecule has 0 bridgehead atoms. The zero-order valence-corrected chi connectivity index (χ0v) is 34.8. The molecule has 14 rings (SSSR count). The lowest BCUT2D eigenvalue weighted by atomic mass is 9.96. The fourth-order valence-corrected chi connectivity index (χ4v) is 10.9. The number of rotatable bonds is 5. The quantitative estimate of drug-likeness (QED) is 0.164. The van der Waals surface area contributed by atoms with Gasteiger partial charge in [-0.15, -0.1) is 0 Å². The molecule has 13 aromatic rings. The standard InChI is InChI=1S/C62H38N2/c1-2-13-47(14-3-1)63-58-19-7-6-16-51(58)57-37-45(29-35-59(57)63)46-28-33-52-55-34-26-42-10-4-5-15-49(42)62(55)64(60(52)38-46)48-30-24-40(25-31-48)39-20-22-41(23-21-39)44-27-32-50-53-17-8-11-43-12-9-18-54(61(43)53)56(50)36-44/h1-38H. The van der Waals surface area contributed by atoms with Gasteiger partial charge in [0.05, 0.1) is 22.1 Å². The molecule has 0 spiro atoms. The van der Waals surface area contributed by atoms with Gasteiger partial charge in [0, 0.05) is 38.3 Å². The largest absolute Gasteiger partial charge is 0.309 e. The molecule has 0 aliphatic heterocycles. The van der Waals surface area contributed by atoms with Crippen LogP contribution >= 0.6 is 0 Å². The van der Waals surface area contributed by atoms with Crippen molar-refractivity contribution in [1.82, 2.24) is 9.13 Å². The summed E-state index contributed by atoms with van der Waals surface area (Å²) in [4.78, 5) is 0. The molecule has 2 aromatic heterocycles. The molecule has 2 nitrogen and oxygen atoms in total. The molecule has 64 heavy (non-hydrogen) atoms. The SMILES string of the molecule is c1ccc(-n2c3ccccc3c3cc(-c4ccc5c6ccc7ccccc7c6n(-c6ccc(-c7ccc(-c8ccc9c(c8)-c8cccc%10cccc-9c8%10)cc7)cc6)c5c4)ccc32)cc1. The van der Waals surface area contributed by atoms with Crippen molar-refractivity contribution >= 4 is 65.2 Å². The first kappa shape index (κ1) is 35.2. The topological polar surface area (TPSA) is 9.86 Å². The summed E-state index contributed by atoms with van der Waals surface area (Å²) < 4.78 is 4.86. The highest BCUT2D eigenvalue weighted by atomic mass is 15.0. The summed E-state index contributed by atoms with van der Waals surface area (Å²) in [6.45, 7) is 0. The molecule has 2 heterocycles. The number of nitrogens with zero attached hydrogens (tertiary/aromatic N) is 2. The summed E-state index contributed by atoms with van der Waals surface area (Å²) in [5, 5.41) is 10.2. The summed E-state index contributed by atoms with van der Waals surface area (Å²) in [5.74, 6) is 0. The molecule has 0 unspecified atom stereocenters. The van der Waals surface area contributed by atoms with Gasteiger partial charge in [0.25, 0.3) is 0 Å². The average Bonchev–Trinajstić information content (AvgIpc) is 4.00. The lowest BCUT2D eigenvalue weighted by Gasteiger charge is -2.12. The highest BCUT2D eigenvalue weighted by molar-refractivity contribution is 6.20. The normalized spacial score (nSPS) is 12.1. The third-order valence-electron chi connectivity index (χ3n) is 13.9. The molecule has 0 atom stereocenters. The van der Waals surface area contributed by atoms with Gasteiger partial charge in [0.1, 0.15) is 0 Å². The van der Waals surface area contributed by atoms with Crippen molar-refractivity contribution in [3.63, 3.8) is 0 Å². The Balaban J connectivity index is 0.859. The van der Waals surface area contributed by atoms with Crippen LogP contribution in [0.5, 0.6) is 0 Å². The predicted octanol–water partition coefficient (Wildman–Crippen LogP) is 16.8. The number of fused-ring (bicyclic) bond motifs is 11. The van der Waals surface area contributed by atoms with Gasteiger partial charge in [-0.1, -0.05) is 176 Å². The first-order valence-electron chi connectivity index (χ1n) is 22.2. The molecule has 0 saturated heterocycles. The van der Waals surface area contributed by atoms with Crippen molar-refractivity contribution < 1.29 is 0 Å². The molecule has 0 fully saturated rings. The maximum atomic E-state index is 2.48. The van der Waals surface area contributed by atoms with Crippen molar-refractivity contribution in [2.24, 2.45) is 0 Å². The third-order valence-corrected chi connectivity index (χ3v) is 13.9. The van der Waals surface area contributed by atoms with E-state index in [4.69, 9.17) is 0 Å². The van der Waals surface area contributed by atoms with Crippen LogP contribution in [0.1, 0.15) is 0 Å². The van der Waals surface area contributed by atoms with E-state index < -0.39 is 0 Å². The summed E-state index contributed by atoms with van der Waals surface area (Å²) in [7, 11) is 0. The second kappa shape index (κ2) is 13.5. The molecule has 1 aliphatic carbocycles. The monoisotopic (exact) mass is 810 g/mol. The van der Waals surface area contributed by atoms with Crippen molar-refractivity contribution in [3.05, 3.63) is 231 Å². The van der Waals surface area contributed by atoms with Gasteiger partial charge in [-0.25, -0.2) is 0 Å². The smallest absolute Gasteiger partial charge is 0.0619 e. The Hall–Kier alpha value is -8.46. The fourth-order valence-electron chi connectivity index (χ4n) is 10.9. The Morgan fingerprint density at radius 3 is 1.59 bits per heavy atom.